The van der Waals surface area contributed by atoms with Crippen LogP contribution in [0.2, 0.25) is 0 Å². The predicted molar refractivity (Wildman–Crippen MR) is 81.3 cm³/mol. The summed E-state index contributed by atoms with van der Waals surface area (Å²) in [6.07, 6.45) is 10.2. The van der Waals surface area contributed by atoms with E-state index in [0.29, 0.717) is 0 Å². The van der Waals surface area contributed by atoms with Crippen molar-refractivity contribution in [3.05, 3.63) is 0 Å². The van der Waals surface area contributed by atoms with E-state index in [1.807, 2.05) is 0 Å². The highest BCUT2D eigenvalue weighted by Crippen LogP contribution is 2.24. The summed E-state index contributed by atoms with van der Waals surface area (Å²) in [7, 11) is 1.48. The van der Waals surface area contributed by atoms with Gasteiger partial charge in [0.25, 0.3) is 0 Å². The molecule has 0 N–H and O–H groups in total. The summed E-state index contributed by atoms with van der Waals surface area (Å²) in [5.74, 6) is -1.93. The lowest BCUT2D eigenvalue weighted by Crippen LogP contribution is -2.36. The molecule has 0 saturated heterocycles. The molecule has 2 aliphatic rings. The first kappa shape index (κ1) is 17.3. The lowest BCUT2D eigenvalue weighted by atomic mass is 9.97. The van der Waals surface area contributed by atoms with Crippen molar-refractivity contribution in [1.82, 2.24) is 0 Å². The fourth-order valence-corrected chi connectivity index (χ4v) is 3.26. The molecule has 0 amide bonds. The Morgan fingerprint density at radius 3 is 1.59 bits per heavy atom. The van der Waals surface area contributed by atoms with Gasteiger partial charge in [0, 0.05) is 7.11 Å². The lowest BCUT2D eigenvalue weighted by Gasteiger charge is -2.26. The minimum absolute atomic E-state index is 0.0249. The van der Waals surface area contributed by atoms with Gasteiger partial charge < -0.3 is 14.2 Å². The molecular weight excluding hydrogens is 284 g/mol. The van der Waals surface area contributed by atoms with E-state index in [4.69, 9.17) is 14.2 Å². The van der Waals surface area contributed by atoms with Gasteiger partial charge in [-0.05, 0) is 51.4 Å². The molecule has 0 heterocycles. The third-order valence-electron chi connectivity index (χ3n) is 4.57. The highest BCUT2D eigenvalue weighted by molar-refractivity contribution is 5.95. The molecule has 0 atom stereocenters. The smallest absolute Gasteiger partial charge is 0.323 e. The normalized spacial score (nSPS) is 20.8. The predicted octanol–water partition coefficient (Wildman–Crippen LogP) is 3.00. The summed E-state index contributed by atoms with van der Waals surface area (Å²) in [5, 5.41) is 0. The number of rotatable bonds is 6. The van der Waals surface area contributed by atoms with E-state index in [9.17, 15) is 9.59 Å². The number of carbonyl (C=O) groups is 2. The van der Waals surface area contributed by atoms with Gasteiger partial charge in [-0.15, -0.1) is 0 Å². The molecule has 0 unspecified atom stereocenters. The van der Waals surface area contributed by atoms with Crippen molar-refractivity contribution in [2.45, 2.75) is 76.4 Å². The van der Waals surface area contributed by atoms with Crippen LogP contribution in [0.15, 0.2) is 0 Å². The zero-order valence-corrected chi connectivity index (χ0v) is 13.6. The molecule has 2 rings (SSSR count). The quantitative estimate of drug-likeness (QED) is 0.557. The Labute approximate surface area is 132 Å². The summed E-state index contributed by atoms with van der Waals surface area (Å²) in [5.41, 5.74) is 0. The van der Waals surface area contributed by atoms with Gasteiger partial charge in [0.2, 0.25) is 0 Å². The van der Waals surface area contributed by atoms with Crippen molar-refractivity contribution in [2.75, 3.05) is 13.7 Å². The Bertz CT molecular complexity index is 324. The maximum Gasteiger partial charge on any atom is 0.323 e. The summed E-state index contributed by atoms with van der Waals surface area (Å²) in [6.45, 7) is 0.0249. The molecule has 5 nitrogen and oxygen atoms in total. The maximum atomic E-state index is 12.3. The summed E-state index contributed by atoms with van der Waals surface area (Å²) < 4.78 is 16.0. The highest BCUT2D eigenvalue weighted by Gasteiger charge is 2.33. The molecule has 0 spiro atoms. The Morgan fingerprint density at radius 1 is 0.818 bits per heavy atom. The molecule has 2 saturated carbocycles. The van der Waals surface area contributed by atoms with Gasteiger partial charge in [0.15, 0.2) is 5.92 Å². The molecular formula is C17H28O5. The van der Waals surface area contributed by atoms with E-state index >= 15 is 0 Å². The Balaban J connectivity index is 1.85. The van der Waals surface area contributed by atoms with E-state index in [-0.39, 0.29) is 18.8 Å². The number of hydrogen-bond acceptors (Lipinski definition) is 5. The molecule has 22 heavy (non-hydrogen) atoms. The fraction of sp³-hybridized carbons (Fsp3) is 0.882. The second-order valence-electron chi connectivity index (χ2n) is 6.40. The minimum Gasteiger partial charge on any atom is -0.462 e. The first-order valence-electron chi connectivity index (χ1n) is 8.60. The number of methoxy groups -OCH3 is 1. The van der Waals surface area contributed by atoms with E-state index < -0.39 is 17.9 Å². The second kappa shape index (κ2) is 9.13. The largest absolute Gasteiger partial charge is 0.462 e. The van der Waals surface area contributed by atoms with Crippen LogP contribution in [0.1, 0.15) is 64.2 Å². The van der Waals surface area contributed by atoms with Crippen LogP contribution < -0.4 is 0 Å². The SMILES string of the molecule is COCC(C(=O)OC1CCCCC1)C(=O)OC1CCCCC1. The number of ether oxygens (including phenoxy) is 3. The molecule has 0 radical (unpaired) electrons. The van der Waals surface area contributed by atoms with Crippen molar-refractivity contribution < 1.29 is 23.8 Å². The van der Waals surface area contributed by atoms with E-state index in [2.05, 4.69) is 0 Å². The van der Waals surface area contributed by atoms with Gasteiger partial charge >= 0.3 is 11.9 Å². The monoisotopic (exact) mass is 312 g/mol. The van der Waals surface area contributed by atoms with Crippen LogP contribution in [-0.2, 0) is 23.8 Å². The van der Waals surface area contributed by atoms with Crippen molar-refractivity contribution in [3.63, 3.8) is 0 Å². The first-order valence-corrected chi connectivity index (χ1v) is 8.60. The van der Waals surface area contributed by atoms with Crippen LogP contribution in [0.5, 0.6) is 0 Å². The van der Waals surface area contributed by atoms with Gasteiger partial charge in [-0.25, -0.2) is 0 Å². The standard InChI is InChI=1S/C17H28O5/c1-20-12-15(16(18)21-13-8-4-2-5-9-13)17(19)22-14-10-6-3-7-11-14/h13-15H,2-12H2,1H3. The van der Waals surface area contributed by atoms with Crippen molar-refractivity contribution in [1.29, 1.82) is 0 Å². The van der Waals surface area contributed by atoms with Crippen LogP contribution in [0.25, 0.3) is 0 Å². The number of hydrogen-bond donors (Lipinski definition) is 0. The minimum atomic E-state index is -0.950. The number of esters is 2. The molecule has 5 heteroatoms. The van der Waals surface area contributed by atoms with Crippen LogP contribution in [-0.4, -0.2) is 37.9 Å². The van der Waals surface area contributed by atoms with E-state index in [0.717, 1.165) is 51.4 Å². The molecule has 2 fully saturated rings. The summed E-state index contributed by atoms with van der Waals surface area (Å²) in [6, 6.07) is 0. The van der Waals surface area contributed by atoms with Gasteiger partial charge in [-0.3, -0.25) is 9.59 Å². The molecule has 126 valence electrons. The molecule has 0 aliphatic heterocycles. The van der Waals surface area contributed by atoms with Crippen LogP contribution >= 0.6 is 0 Å². The van der Waals surface area contributed by atoms with E-state index in [1.165, 1.54) is 20.0 Å². The van der Waals surface area contributed by atoms with Crippen molar-refractivity contribution >= 4 is 11.9 Å². The van der Waals surface area contributed by atoms with Crippen LogP contribution in [0.3, 0.4) is 0 Å². The van der Waals surface area contributed by atoms with Crippen molar-refractivity contribution in [2.24, 2.45) is 5.92 Å². The van der Waals surface area contributed by atoms with Gasteiger partial charge in [-0.2, -0.15) is 0 Å². The Morgan fingerprint density at radius 2 is 1.23 bits per heavy atom. The lowest BCUT2D eigenvalue weighted by molar-refractivity contribution is -0.172. The molecule has 2 aliphatic carbocycles. The highest BCUT2D eigenvalue weighted by atomic mass is 16.6. The van der Waals surface area contributed by atoms with Gasteiger partial charge in [-0.1, -0.05) is 12.8 Å². The zero-order chi connectivity index (χ0) is 15.8. The topological polar surface area (TPSA) is 61.8 Å². The Kier molecular flexibility index (Phi) is 7.16. The number of carbonyl (C=O) groups excluding carboxylic acids is 2. The average Bonchev–Trinajstić information content (AvgIpc) is 2.54. The molecule has 0 aromatic heterocycles. The fourth-order valence-electron chi connectivity index (χ4n) is 3.26. The van der Waals surface area contributed by atoms with Gasteiger partial charge in [0.05, 0.1) is 6.61 Å². The van der Waals surface area contributed by atoms with Gasteiger partial charge in [0.1, 0.15) is 12.2 Å². The van der Waals surface area contributed by atoms with Crippen LogP contribution in [0, 0.1) is 5.92 Å². The maximum absolute atomic E-state index is 12.3. The Hall–Kier alpha value is -1.10. The summed E-state index contributed by atoms with van der Waals surface area (Å²) in [4.78, 5) is 24.6. The summed E-state index contributed by atoms with van der Waals surface area (Å²) >= 11 is 0. The molecule has 0 bridgehead atoms. The molecule has 0 aromatic rings. The second-order valence-corrected chi connectivity index (χ2v) is 6.40. The first-order chi connectivity index (χ1) is 10.7. The molecule has 0 aromatic carbocycles. The third kappa shape index (κ3) is 5.27. The van der Waals surface area contributed by atoms with E-state index in [1.54, 1.807) is 0 Å². The average molecular weight is 312 g/mol. The third-order valence-corrected chi connectivity index (χ3v) is 4.57. The zero-order valence-electron chi connectivity index (χ0n) is 13.6. The van der Waals surface area contributed by atoms with Crippen LogP contribution in [0.4, 0.5) is 0 Å². The van der Waals surface area contributed by atoms with Crippen molar-refractivity contribution in [3.8, 4) is 0 Å².